The first-order valence-corrected chi connectivity index (χ1v) is 7.79. The fourth-order valence-corrected chi connectivity index (χ4v) is 2.46. The van der Waals surface area contributed by atoms with Gasteiger partial charge in [-0.05, 0) is 18.2 Å². The van der Waals surface area contributed by atoms with Gasteiger partial charge in [-0.25, -0.2) is 13.6 Å². The first-order chi connectivity index (χ1) is 9.91. The molecule has 1 aliphatic heterocycles. The summed E-state index contributed by atoms with van der Waals surface area (Å²) in [6, 6.07) is 3.50. The smallest absolute Gasteiger partial charge is 0.244 e. The van der Waals surface area contributed by atoms with Crippen LogP contribution in [0.2, 0.25) is 0 Å². The number of hydrogen-bond donors (Lipinski definition) is 3. The Morgan fingerprint density at radius 2 is 2.29 bits per heavy atom. The SMILES string of the molecule is COc1ccc(S(N)(=O)=O)cc1NC(=O)C1COCCN1. The first kappa shape index (κ1) is 15.7. The number of nitrogens with one attached hydrogen (secondary N) is 2. The average molecular weight is 315 g/mol. The minimum absolute atomic E-state index is 0.105. The number of amides is 1. The molecule has 1 fully saturated rings. The Kier molecular flexibility index (Phi) is 4.78. The van der Waals surface area contributed by atoms with Crippen LogP contribution in [0, 0.1) is 0 Å². The molecule has 1 unspecified atom stereocenters. The second-order valence-electron chi connectivity index (χ2n) is 4.48. The van der Waals surface area contributed by atoms with Crippen molar-refractivity contribution in [2.24, 2.45) is 5.14 Å². The third-order valence-electron chi connectivity index (χ3n) is 3.00. The van der Waals surface area contributed by atoms with Crippen molar-refractivity contribution in [3.8, 4) is 5.75 Å². The lowest BCUT2D eigenvalue weighted by atomic mass is 10.2. The number of anilines is 1. The number of sulfonamides is 1. The number of carbonyl (C=O) groups is 1. The van der Waals surface area contributed by atoms with Crippen molar-refractivity contribution in [2.75, 3.05) is 32.2 Å². The van der Waals surface area contributed by atoms with Crippen molar-refractivity contribution in [3.05, 3.63) is 18.2 Å². The molecule has 1 saturated heterocycles. The zero-order valence-corrected chi connectivity index (χ0v) is 12.3. The van der Waals surface area contributed by atoms with Gasteiger partial charge in [0.25, 0.3) is 0 Å². The Balaban J connectivity index is 2.22. The van der Waals surface area contributed by atoms with E-state index in [2.05, 4.69) is 10.6 Å². The number of nitrogens with two attached hydrogens (primary N) is 1. The number of methoxy groups -OCH3 is 1. The molecule has 116 valence electrons. The molecule has 1 aromatic rings. The lowest BCUT2D eigenvalue weighted by Crippen LogP contribution is -2.48. The Morgan fingerprint density at radius 3 is 2.86 bits per heavy atom. The van der Waals surface area contributed by atoms with Crippen molar-refractivity contribution >= 4 is 21.6 Å². The standard InChI is InChI=1S/C12H17N3O5S/c1-19-11-3-2-8(21(13,17)18)6-9(11)15-12(16)10-7-20-5-4-14-10/h2-3,6,10,14H,4-5,7H2,1H3,(H,15,16)(H2,13,17,18). The van der Waals surface area contributed by atoms with E-state index < -0.39 is 16.1 Å². The van der Waals surface area contributed by atoms with Gasteiger partial charge in [0, 0.05) is 6.54 Å². The van der Waals surface area contributed by atoms with E-state index in [9.17, 15) is 13.2 Å². The van der Waals surface area contributed by atoms with E-state index in [0.717, 1.165) is 0 Å². The van der Waals surface area contributed by atoms with Gasteiger partial charge in [-0.2, -0.15) is 0 Å². The number of primary sulfonamides is 1. The molecule has 2 rings (SSSR count). The van der Waals surface area contributed by atoms with Gasteiger partial charge in [-0.15, -0.1) is 0 Å². The summed E-state index contributed by atoms with van der Waals surface area (Å²) in [5, 5.41) is 10.7. The predicted molar refractivity (Wildman–Crippen MR) is 75.6 cm³/mol. The summed E-state index contributed by atoms with van der Waals surface area (Å²) < 4.78 is 33.0. The van der Waals surface area contributed by atoms with Crippen LogP contribution in [0.15, 0.2) is 23.1 Å². The van der Waals surface area contributed by atoms with Crippen molar-refractivity contribution in [1.82, 2.24) is 5.32 Å². The third kappa shape index (κ3) is 3.91. The third-order valence-corrected chi connectivity index (χ3v) is 3.91. The maximum Gasteiger partial charge on any atom is 0.244 e. The summed E-state index contributed by atoms with van der Waals surface area (Å²) in [6.45, 7) is 1.38. The average Bonchev–Trinajstić information content (AvgIpc) is 2.47. The fraction of sp³-hybridized carbons (Fsp3) is 0.417. The minimum Gasteiger partial charge on any atom is -0.495 e. The maximum absolute atomic E-state index is 12.1. The molecule has 0 aliphatic carbocycles. The van der Waals surface area contributed by atoms with Gasteiger partial charge in [0.05, 0.1) is 30.9 Å². The fourth-order valence-electron chi connectivity index (χ4n) is 1.92. The van der Waals surface area contributed by atoms with Crippen LogP contribution in [-0.2, 0) is 19.6 Å². The molecule has 0 spiro atoms. The van der Waals surface area contributed by atoms with Crippen molar-refractivity contribution < 1.29 is 22.7 Å². The van der Waals surface area contributed by atoms with Gasteiger partial charge in [0.15, 0.2) is 0 Å². The van der Waals surface area contributed by atoms with Crippen LogP contribution in [0.25, 0.3) is 0 Å². The van der Waals surface area contributed by atoms with Crippen LogP contribution in [0.4, 0.5) is 5.69 Å². The zero-order chi connectivity index (χ0) is 15.5. The van der Waals surface area contributed by atoms with E-state index in [1.807, 2.05) is 0 Å². The summed E-state index contributed by atoms with van der Waals surface area (Å²) >= 11 is 0. The highest BCUT2D eigenvalue weighted by molar-refractivity contribution is 7.89. The van der Waals surface area contributed by atoms with Crippen molar-refractivity contribution in [1.29, 1.82) is 0 Å². The summed E-state index contributed by atoms with van der Waals surface area (Å²) in [6.07, 6.45) is 0. The molecule has 0 bridgehead atoms. The van der Waals surface area contributed by atoms with Gasteiger partial charge < -0.3 is 20.1 Å². The van der Waals surface area contributed by atoms with Gasteiger partial charge in [-0.3, -0.25) is 4.79 Å². The monoisotopic (exact) mass is 315 g/mol. The van der Waals surface area contributed by atoms with Gasteiger partial charge >= 0.3 is 0 Å². The highest BCUT2D eigenvalue weighted by Gasteiger charge is 2.22. The quantitative estimate of drug-likeness (QED) is 0.674. The Labute approximate surface area is 122 Å². The van der Waals surface area contributed by atoms with E-state index in [-0.39, 0.29) is 23.1 Å². The summed E-state index contributed by atoms with van der Waals surface area (Å²) in [4.78, 5) is 12.0. The van der Waals surface area contributed by atoms with E-state index in [1.165, 1.54) is 25.3 Å². The topological polar surface area (TPSA) is 120 Å². The molecule has 1 amide bonds. The Hall–Kier alpha value is -1.68. The van der Waals surface area contributed by atoms with Gasteiger partial charge in [-0.1, -0.05) is 0 Å². The molecule has 8 nitrogen and oxygen atoms in total. The predicted octanol–water partition coefficient (Wildman–Crippen LogP) is -0.730. The van der Waals surface area contributed by atoms with Crippen molar-refractivity contribution in [2.45, 2.75) is 10.9 Å². The number of benzene rings is 1. The molecular formula is C12H17N3O5S. The summed E-state index contributed by atoms with van der Waals surface area (Å²) in [5.74, 6) is 0.00653. The summed E-state index contributed by atoms with van der Waals surface area (Å²) in [5.41, 5.74) is 0.237. The van der Waals surface area contributed by atoms with Crippen LogP contribution in [-0.4, -0.2) is 47.2 Å². The number of hydrogen-bond acceptors (Lipinski definition) is 6. The number of carbonyl (C=O) groups excluding carboxylic acids is 1. The van der Waals surface area contributed by atoms with Crippen LogP contribution in [0.1, 0.15) is 0 Å². The van der Waals surface area contributed by atoms with Crippen LogP contribution < -0.4 is 20.5 Å². The minimum atomic E-state index is -3.86. The summed E-state index contributed by atoms with van der Waals surface area (Å²) in [7, 11) is -2.44. The van der Waals surface area contributed by atoms with E-state index in [1.54, 1.807) is 0 Å². The van der Waals surface area contributed by atoms with Crippen LogP contribution >= 0.6 is 0 Å². The highest BCUT2D eigenvalue weighted by Crippen LogP contribution is 2.27. The Morgan fingerprint density at radius 1 is 1.52 bits per heavy atom. The van der Waals surface area contributed by atoms with E-state index in [4.69, 9.17) is 14.6 Å². The van der Waals surface area contributed by atoms with Gasteiger partial charge in [0.2, 0.25) is 15.9 Å². The maximum atomic E-state index is 12.1. The largest absolute Gasteiger partial charge is 0.495 e. The highest BCUT2D eigenvalue weighted by atomic mass is 32.2. The molecule has 1 heterocycles. The molecule has 1 aromatic carbocycles. The second kappa shape index (κ2) is 6.39. The molecule has 0 aromatic heterocycles. The number of rotatable bonds is 4. The molecule has 21 heavy (non-hydrogen) atoms. The van der Waals surface area contributed by atoms with Crippen molar-refractivity contribution in [3.63, 3.8) is 0 Å². The number of ether oxygens (including phenoxy) is 2. The molecule has 1 atom stereocenters. The molecular weight excluding hydrogens is 298 g/mol. The lowest BCUT2D eigenvalue weighted by Gasteiger charge is -2.23. The number of morpholine rings is 1. The second-order valence-corrected chi connectivity index (χ2v) is 6.04. The van der Waals surface area contributed by atoms with Crippen LogP contribution in [0.3, 0.4) is 0 Å². The van der Waals surface area contributed by atoms with Crippen LogP contribution in [0.5, 0.6) is 5.75 Å². The molecule has 0 saturated carbocycles. The lowest BCUT2D eigenvalue weighted by molar-refractivity contribution is -0.120. The van der Waals surface area contributed by atoms with E-state index in [0.29, 0.717) is 18.9 Å². The van der Waals surface area contributed by atoms with Gasteiger partial charge in [0.1, 0.15) is 11.8 Å². The normalized spacial score (nSPS) is 19.0. The van der Waals surface area contributed by atoms with E-state index >= 15 is 0 Å². The zero-order valence-electron chi connectivity index (χ0n) is 11.5. The molecule has 1 aliphatic rings. The molecule has 9 heteroatoms. The first-order valence-electron chi connectivity index (χ1n) is 6.24. The molecule has 0 radical (unpaired) electrons. The molecule has 4 N–H and O–H groups in total. The Bertz CT molecular complexity index is 626.